The highest BCUT2D eigenvalue weighted by Gasteiger charge is 2.31. The number of rotatable bonds is 3. The Balaban J connectivity index is 2.08. The van der Waals surface area contributed by atoms with Crippen molar-refractivity contribution in [2.45, 2.75) is 25.4 Å². The van der Waals surface area contributed by atoms with Gasteiger partial charge in [-0.1, -0.05) is 12.1 Å². The van der Waals surface area contributed by atoms with Crippen molar-refractivity contribution in [3.63, 3.8) is 0 Å². The van der Waals surface area contributed by atoms with E-state index >= 15 is 0 Å². The van der Waals surface area contributed by atoms with E-state index in [9.17, 15) is 4.79 Å². The monoisotopic (exact) mass is 244 g/mol. The Kier molecular flexibility index (Phi) is 3.96. The maximum atomic E-state index is 11.6. The second-order valence-electron chi connectivity index (χ2n) is 4.46. The molecular weight excluding hydrogens is 228 g/mol. The summed E-state index contributed by atoms with van der Waals surface area (Å²) < 4.78 is 4.81. The predicted octanol–water partition coefficient (Wildman–Crippen LogP) is 1.70. The Morgan fingerprint density at radius 2 is 2.44 bits per heavy atom. The number of nitrogens with zero attached hydrogens (tertiary/aromatic N) is 2. The van der Waals surface area contributed by atoms with Gasteiger partial charge in [-0.15, -0.1) is 0 Å². The molecule has 0 N–H and O–H groups in total. The fourth-order valence-electron chi connectivity index (χ4n) is 2.39. The van der Waals surface area contributed by atoms with Gasteiger partial charge < -0.3 is 4.74 Å². The summed E-state index contributed by atoms with van der Waals surface area (Å²) in [5.74, 6) is -0.163. The molecule has 1 aromatic carbocycles. The summed E-state index contributed by atoms with van der Waals surface area (Å²) in [5, 5.41) is 8.86. The minimum absolute atomic E-state index is 0.138. The van der Waals surface area contributed by atoms with E-state index in [-0.39, 0.29) is 12.0 Å². The molecule has 0 aromatic heterocycles. The van der Waals surface area contributed by atoms with Crippen LogP contribution >= 0.6 is 0 Å². The maximum absolute atomic E-state index is 11.6. The van der Waals surface area contributed by atoms with E-state index in [4.69, 9.17) is 10.00 Å². The lowest BCUT2D eigenvalue weighted by Gasteiger charge is -2.22. The van der Waals surface area contributed by atoms with Gasteiger partial charge in [0.2, 0.25) is 0 Å². The van der Waals surface area contributed by atoms with Crippen molar-refractivity contribution >= 4 is 5.97 Å². The fourth-order valence-corrected chi connectivity index (χ4v) is 2.39. The zero-order valence-corrected chi connectivity index (χ0v) is 10.4. The minimum atomic E-state index is -0.163. The zero-order valence-electron chi connectivity index (χ0n) is 10.4. The first-order valence-electron chi connectivity index (χ1n) is 6.05. The van der Waals surface area contributed by atoms with Crippen LogP contribution in [-0.4, -0.2) is 30.6 Å². The van der Waals surface area contributed by atoms with E-state index in [2.05, 4.69) is 11.0 Å². The lowest BCUT2D eigenvalue weighted by molar-refractivity contribution is -0.146. The van der Waals surface area contributed by atoms with Crippen molar-refractivity contribution in [1.29, 1.82) is 5.26 Å². The summed E-state index contributed by atoms with van der Waals surface area (Å²) in [6, 6.07) is 9.49. The number of carbonyl (C=O) groups is 1. The van der Waals surface area contributed by atoms with E-state index in [0.29, 0.717) is 12.1 Å². The average molecular weight is 244 g/mol. The van der Waals surface area contributed by atoms with Gasteiger partial charge in [-0.25, -0.2) is 0 Å². The van der Waals surface area contributed by atoms with E-state index in [1.807, 2.05) is 18.2 Å². The molecule has 4 heteroatoms. The van der Waals surface area contributed by atoms with E-state index in [0.717, 1.165) is 24.9 Å². The van der Waals surface area contributed by atoms with Gasteiger partial charge in [0.15, 0.2) is 0 Å². The van der Waals surface area contributed by atoms with Crippen LogP contribution in [0.15, 0.2) is 24.3 Å². The smallest absolute Gasteiger partial charge is 0.323 e. The summed E-state index contributed by atoms with van der Waals surface area (Å²) in [6.45, 7) is 1.59. The van der Waals surface area contributed by atoms with Gasteiger partial charge >= 0.3 is 5.97 Å². The van der Waals surface area contributed by atoms with Gasteiger partial charge in [0.05, 0.1) is 18.7 Å². The molecule has 1 aliphatic heterocycles. The first-order valence-corrected chi connectivity index (χ1v) is 6.05. The van der Waals surface area contributed by atoms with Crippen LogP contribution in [0.5, 0.6) is 0 Å². The van der Waals surface area contributed by atoms with Gasteiger partial charge in [-0.05, 0) is 37.1 Å². The number of hydrogen-bond donors (Lipinski definition) is 0. The van der Waals surface area contributed by atoms with Crippen molar-refractivity contribution in [2.75, 3.05) is 13.7 Å². The Morgan fingerprint density at radius 1 is 1.61 bits per heavy atom. The van der Waals surface area contributed by atoms with Gasteiger partial charge in [0.1, 0.15) is 6.04 Å². The Morgan fingerprint density at radius 3 is 3.17 bits per heavy atom. The number of likely N-dealkylation sites (tertiary alicyclic amines) is 1. The van der Waals surface area contributed by atoms with Crippen LogP contribution < -0.4 is 0 Å². The molecule has 0 aliphatic carbocycles. The number of benzene rings is 1. The van der Waals surface area contributed by atoms with Crippen molar-refractivity contribution in [3.05, 3.63) is 35.4 Å². The molecule has 1 saturated heterocycles. The van der Waals surface area contributed by atoms with Crippen molar-refractivity contribution in [3.8, 4) is 6.07 Å². The van der Waals surface area contributed by atoms with Gasteiger partial charge in [0.25, 0.3) is 0 Å². The van der Waals surface area contributed by atoms with Crippen LogP contribution in [0.4, 0.5) is 0 Å². The number of carbonyl (C=O) groups excluding carboxylic acids is 1. The summed E-state index contributed by atoms with van der Waals surface area (Å²) in [6.07, 6.45) is 1.86. The molecule has 1 aromatic rings. The van der Waals surface area contributed by atoms with Crippen molar-refractivity contribution < 1.29 is 9.53 Å². The van der Waals surface area contributed by atoms with Crippen LogP contribution in [0.3, 0.4) is 0 Å². The molecule has 4 nitrogen and oxygen atoms in total. The number of nitriles is 1. The third-order valence-electron chi connectivity index (χ3n) is 3.28. The highest BCUT2D eigenvalue weighted by Crippen LogP contribution is 2.21. The molecule has 18 heavy (non-hydrogen) atoms. The predicted molar refractivity (Wildman–Crippen MR) is 66.6 cm³/mol. The second-order valence-corrected chi connectivity index (χ2v) is 4.46. The molecule has 1 aliphatic rings. The number of esters is 1. The SMILES string of the molecule is COC(=O)[C@@H]1CCCN1Cc1cccc(C#N)c1. The number of methoxy groups -OCH3 is 1. The van der Waals surface area contributed by atoms with Crippen LogP contribution in [0.1, 0.15) is 24.0 Å². The molecular formula is C14H16N2O2. The summed E-state index contributed by atoms with van der Waals surface area (Å²) in [4.78, 5) is 13.7. The third-order valence-corrected chi connectivity index (χ3v) is 3.28. The number of hydrogen-bond acceptors (Lipinski definition) is 4. The molecule has 0 radical (unpaired) electrons. The van der Waals surface area contributed by atoms with Crippen LogP contribution in [0.25, 0.3) is 0 Å². The van der Waals surface area contributed by atoms with Crippen LogP contribution in [0, 0.1) is 11.3 Å². The van der Waals surface area contributed by atoms with E-state index < -0.39 is 0 Å². The fraction of sp³-hybridized carbons (Fsp3) is 0.429. The minimum Gasteiger partial charge on any atom is -0.468 e. The average Bonchev–Trinajstić information content (AvgIpc) is 2.86. The molecule has 94 valence electrons. The van der Waals surface area contributed by atoms with E-state index in [1.54, 1.807) is 6.07 Å². The van der Waals surface area contributed by atoms with E-state index in [1.165, 1.54) is 7.11 Å². The third kappa shape index (κ3) is 2.69. The Labute approximate surface area is 107 Å². The molecule has 1 heterocycles. The highest BCUT2D eigenvalue weighted by molar-refractivity contribution is 5.75. The summed E-state index contributed by atoms with van der Waals surface area (Å²) >= 11 is 0. The Bertz CT molecular complexity index is 479. The molecule has 1 fully saturated rings. The maximum Gasteiger partial charge on any atom is 0.323 e. The molecule has 0 amide bonds. The molecule has 0 saturated carbocycles. The van der Waals surface area contributed by atoms with Gasteiger partial charge in [0, 0.05) is 6.54 Å². The van der Waals surface area contributed by atoms with Crippen molar-refractivity contribution in [1.82, 2.24) is 4.90 Å². The summed E-state index contributed by atoms with van der Waals surface area (Å²) in [7, 11) is 1.43. The van der Waals surface area contributed by atoms with Crippen molar-refractivity contribution in [2.24, 2.45) is 0 Å². The zero-order chi connectivity index (χ0) is 13.0. The number of ether oxygens (including phenoxy) is 1. The van der Waals surface area contributed by atoms with Crippen LogP contribution in [-0.2, 0) is 16.1 Å². The summed E-state index contributed by atoms with van der Waals surface area (Å²) in [5.41, 5.74) is 1.71. The van der Waals surface area contributed by atoms with Gasteiger partial charge in [-0.3, -0.25) is 9.69 Å². The second kappa shape index (κ2) is 5.65. The molecule has 2 rings (SSSR count). The quantitative estimate of drug-likeness (QED) is 0.759. The molecule has 0 spiro atoms. The normalized spacial score (nSPS) is 19.4. The molecule has 0 bridgehead atoms. The first-order chi connectivity index (χ1) is 8.74. The Hall–Kier alpha value is -1.86. The van der Waals surface area contributed by atoms with Crippen LogP contribution in [0.2, 0.25) is 0 Å². The highest BCUT2D eigenvalue weighted by atomic mass is 16.5. The lowest BCUT2D eigenvalue weighted by atomic mass is 10.1. The first kappa shape index (κ1) is 12.6. The van der Waals surface area contributed by atoms with Gasteiger partial charge in [-0.2, -0.15) is 5.26 Å². The molecule has 0 unspecified atom stereocenters. The largest absolute Gasteiger partial charge is 0.468 e. The lowest BCUT2D eigenvalue weighted by Crippen LogP contribution is -2.36. The standard InChI is InChI=1S/C14H16N2O2/c1-18-14(17)13-6-3-7-16(13)10-12-5-2-4-11(8-12)9-15/h2,4-5,8,13H,3,6-7,10H2,1H3/t13-/m0/s1. The topological polar surface area (TPSA) is 53.3 Å². The molecule has 1 atom stereocenters.